The monoisotopic (exact) mass is 375 g/mol. The molecule has 0 saturated heterocycles. The van der Waals surface area contributed by atoms with Crippen LogP contribution in [0.1, 0.15) is 10.4 Å². The third-order valence-corrected chi connectivity index (χ3v) is 5.98. The van der Waals surface area contributed by atoms with Crippen molar-refractivity contribution in [2.45, 2.75) is 6.54 Å². The summed E-state index contributed by atoms with van der Waals surface area (Å²) in [6.45, 7) is 0.385. The van der Waals surface area contributed by atoms with E-state index in [1.54, 1.807) is 13.1 Å². The molecule has 8 heteroatoms. The van der Waals surface area contributed by atoms with Crippen molar-refractivity contribution < 1.29 is 13.2 Å². The number of benzene rings is 1. The summed E-state index contributed by atoms with van der Waals surface area (Å²) < 4.78 is 29.3. The zero-order chi connectivity index (χ0) is 18.0. The Kier molecular flexibility index (Phi) is 4.73. The fourth-order valence-electron chi connectivity index (χ4n) is 2.42. The van der Waals surface area contributed by atoms with E-state index in [-0.39, 0.29) is 17.3 Å². The van der Waals surface area contributed by atoms with Gasteiger partial charge in [0.25, 0.3) is 5.91 Å². The Bertz CT molecular complexity index is 933. The predicted octanol–water partition coefficient (Wildman–Crippen LogP) is 2.27. The van der Waals surface area contributed by atoms with Gasteiger partial charge in [0.2, 0.25) is 0 Å². The van der Waals surface area contributed by atoms with Crippen LogP contribution >= 0.6 is 11.3 Å². The molecule has 0 saturated carbocycles. The number of likely N-dealkylation sites (N-methyl/N-ethyl adjacent to an activating group) is 2. The molecule has 1 aromatic heterocycles. The lowest BCUT2D eigenvalue weighted by Crippen LogP contribution is -2.39. The predicted molar refractivity (Wildman–Crippen MR) is 98.5 cm³/mol. The van der Waals surface area contributed by atoms with Gasteiger partial charge in [-0.05, 0) is 23.1 Å². The lowest BCUT2D eigenvalue weighted by atomic mass is 10.2. The van der Waals surface area contributed by atoms with Crippen LogP contribution in [0.25, 0.3) is 0 Å². The van der Waals surface area contributed by atoms with Gasteiger partial charge in [-0.25, -0.2) is 4.31 Å². The lowest BCUT2D eigenvalue weighted by Gasteiger charge is -2.26. The number of rotatable bonds is 4. The minimum absolute atomic E-state index is 0.0804. The number of carbonyl (C=O) groups is 1. The Morgan fingerprint density at radius 2 is 1.92 bits per heavy atom. The molecule has 0 bridgehead atoms. The first-order valence-corrected chi connectivity index (χ1v) is 9.80. The summed E-state index contributed by atoms with van der Waals surface area (Å²) in [6, 6.07) is 13.1. The second-order valence-electron chi connectivity index (χ2n) is 5.58. The van der Waals surface area contributed by atoms with E-state index in [0.717, 1.165) is 9.87 Å². The van der Waals surface area contributed by atoms with E-state index in [9.17, 15) is 13.2 Å². The van der Waals surface area contributed by atoms with Crippen molar-refractivity contribution in [2.75, 3.05) is 14.1 Å². The van der Waals surface area contributed by atoms with Gasteiger partial charge in [0.1, 0.15) is 5.70 Å². The fourth-order valence-corrected chi connectivity index (χ4v) is 4.06. The molecule has 1 aromatic carbocycles. The zero-order valence-electron chi connectivity index (χ0n) is 13.8. The Hall–Kier alpha value is -2.45. The van der Waals surface area contributed by atoms with E-state index in [4.69, 9.17) is 0 Å². The normalized spacial score (nSPS) is 16.2. The summed E-state index contributed by atoms with van der Waals surface area (Å²) in [7, 11) is -0.942. The van der Waals surface area contributed by atoms with Crippen LogP contribution in [-0.4, -0.2) is 43.3 Å². The van der Waals surface area contributed by atoms with E-state index in [0.29, 0.717) is 11.4 Å². The summed E-state index contributed by atoms with van der Waals surface area (Å²) in [6.07, 6.45) is 1.52. The molecule has 2 aromatic rings. The molecule has 6 nitrogen and oxygen atoms in total. The number of thiophene rings is 1. The lowest BCUT2D eigenvalue weighted by molar-refractivity contribution is -0.127. The van der Waals surface area contributed by atoms with Gasteiger partial charge in [-0.2, -0.15) is 8.42 Å². The summed E-state index contributed by atoms with van der Waals surface area (Å²) in [5, 5.41) is 1.83. The first kappa shape index (κ1) is 17.4. The van der Waals surface area contributed by atoms with Crippen molar-refractivity contribution in [1.82, 2.24) is 9.21 Å². The zero-order valence-corrected chi connectivity index (χ0v) is 15.4. The van der Waals surface area contributed by atoms with Crippen molar-refractivity contribution in [3.05, 3.63) is 70.1 Å². The average molecular weight is 375 g/mol. The molecule has 130 valence electrons. The van der Waals surface area contributed by atoms with E-state index in [1.807, 2.05) is 41.8 Å². The van der Waals surface area contributed by atoms with Crippen molar-refractivity contribution in [3.63, 3.8) is 0 Å². The Morgan fingerprint density at radius 1 is 1.20 bits per heavy atom. The van der Waals surface area contributed by atoms with Gasteiger partial charge >= 0.3 is 10.2 Å². The van der Waals surface area contributed by atoms with Crippen LogP contribution in [0.15, 0.2) is 64.0 Å². The molecule has 25 heavy (non-hydrogen) atoms. The summed E-state index contributed by atoms with van der Waals surface area (Å²) in [4.78, 5) is 15.0. The third kappa shape index (κ3) is 3.64. The molecule has 0 unspecified atom stereocenters. The number of hydrogen-bond acceptors (Lipinski definition) is 4. The van der Waals surface area contributed by atoms with Gasteiger partial charge in [0, 0.05) is 20.6 Å². The van der Waals surface area contributed by atoms with Crippen LogP contribution in [0, 0.1) is 0 Å². The van der Waals surface area contributed by atoms with E-state index in [2.05, 4.69) is 4.40 Å². The quantitative estimate of drug-likeness (QED) is 0.823. The highest BCUT2D eigenvalue weighted by Crippen LogP contribution is 2.23. The minimum atomic E-state index is -3.93. The van der Waals surface area contributed by atoms with Crippen molar-refractivity contribution in [2.24, 2.45) is 4.40 Å². The van der Waals surface area contributed by atoms with Gasteiger partial charge in [0.05, 0.1) is 10.6 Å². The molecule has 0 radical (unpaired) electrons. The molecule has 1 amide bonds. The second-order valence-corrected chi connectivity index (χ2v) is 8.15. The highest BCUT2D eigenvalue weighted by atomic mass is 32.2. The number of nitrogens with zero attached hydrogens (tertiary/aromatic N) is 3. The fraction of sp³-hybridized carbons (Fsp3) is 0.176. The van der Waals surface area contributed by atoms with Gasteiger partial charge < -0.3 is 4.90 Å². The number of carbonyl (C=O) groups excluding carboxylic acids is 1. The number of allylic oxidation sites excluding steroid dienone is 1. The van der Waals surface area contributed by atoms with Crippen molar-refractivity contribution in [1.29, 1.82) is 0 Å². The van der Waals surface area contributed by atoms with Gasteiger partial charge in [-0.3, -0.25) is 4.79 Å². The molecule has 2 heterocycles. The maximum absolute atomic E-state index is 12.8. The SMILES string of the molecule is CN(Cc1ccccc1)C(=O)C1=CC(c2cccs2)=NS(=O)(=O)N1C. The minimum Gasteiger partial charge on any atom is -0.336 e. The number of hydrogen-bond donors (Lipinski definition) is 0. The van der Waals surface area contributed by atoms with Gasteiger partial charge in [-0.15, -0.1) is 15.7 Å². The van der Waals surface area contributed by atoms with E-state index >= 15 is 0 Å². The third-order valence-electron chi connectivity index (χ3n) is 3.77. The molecule has 0 fully saturated rings. The Balaban J connectivity index is 1.91. The number of amides is 1. The van der Waals surface area contributed by atoms with Crippen LogP contribution in [0.2, 0.25) is 0 Å². The molecule has 0 N–H and O–H groups in total. The van der Waals surface area contributed by atoms with Crippen molar-refractivity contribution in [3.8, 4) is 0 Å². The molecule has 0 aliphatic carbocycles. The maximum Gasteiger partial charge on any atom is 0.345 e. The summed E-state index contributed by atoms with van der Waals surface area (Å²) in [5.74, 6) is -0.376. The van der Waals surface area contributed by atoms with E-state index in [1.165, 1.54) is 29.4 Å². The molecule has 3 rings (SSSR count). The van der Waals surface area contributed by atoms with Gasteiger partial charge in [0.15, 0.2) is 0 Å². The van der Waals surface area contributed by atoms with Crippen LogP contribution in [0.4, 0.5) is 0 Å². The summed E-state index contributed by atoms with van der Waals surface area (Å²) in [5.41, 5.74) is 1.33. The molecule has 0 atom stereocenters. The molecular weight excluding hydrogens is 358 g/mol. The second kappa shape index (κ2) is 6.81. The molecule has 1 aliphatic rings. The Morgan fingerprint density at radius 3 is 2.56 bits per heavy atom. The van der Waals surface area contributed by atoms with Crippen LogP contribution in [0.5, 0.6) is 0 Å². The first-order valence-electron chi connectivity index (χ1n) is 7.52. The maximum atomic E-state index is 12.8. The average Bonchev–Trinajstić information content (AvgIpc) is 3.12. The first-order chi connectivity index (χ1) is 11.9. The molecule has 0 spiro atoms. The van der Waals surface area contributed by atoms with Crippen LogP contribution in [0.3, 0.4) is 0 Å². The summed E-state index contributed by atoms with van der Waals surface area (Å²) >= 11 is 1.37. The largest absolute Gasteiger partial charge is 0.345 e. The van der Waals surface area contributed by atoms with Crippen molar-refractivity contribution >= 4 is 33.2 Å². The smallest absolute Gasteiger partial charge is 0.336 e. The van der Waals surface area contributed by atoms with Crippen LogP contribution < -0.4 is 0 Å². The Labute approximate surface area is 150 Å². The van der Waals surface area contributed by atoms with Gasteiger partial charge in [-0.1, -0.05) is 36.4 Å². The van der Waals surface area contributed by atoms with E-state index < -0.39 is 10.2 Å². The topological polar surface area (TPSA) is 70.0 Å². The molecule has 1 aliphatic heterocycles. The van der Waals surface area contributed by atoms with Crippen LogP contribution in [-0.2, 0) is 21.5 Å². The standard InChI is InChI=1S/C17H17N3O3S2/c1-19(12-13-7-4-3-5-8-13)17(21)15-11-14(16-9-6-10-24-16)18-25(22,23)20(15)2/h3-11H,12H2,1-2H3. The molecular formula is C17H17N3O3S2. The highest BCUT2D eigenvalue weighted by Gasteiger charge is 2.31. The highest BCUT2D eigenvalue weighted by molar-refractivity contribution is 7.88.